The van der Waals surface area contributed by atoms with E-state index in [1.54, 1.807) is 6.26 Å². The van der Waals surface area contributed by atoms with Crippen molar-refractivity contribution in [3.8, 4) is 0 Å². The van der Waals surface area contributed by atoms with Crippen molar-refractivity contribution >= 4 is 11.9 Å². The molecule has 1 heterocycles. The second-order valence-corrected chi connectivity index (χ2v) is 4.69. The SMILES string of the molecule is CSN=c1oc(=O)n(C)c(=O)n1[I-]C. The van der Waals surface area contributed by atoms with Crippen LogP contribution in [0.1, 0.15) is 0 Å². The molecule has 0 bridgehead atoms. The summed E-state index contributed by atoms with van der Waals surface area (Å²) in [5, 5.41) is 0. The zero-order valence-corrected chi connectivity index (χ0v) is 10.8. The van der Waals surface area contributed by atoms with E-state index in [1.165, 1.54) is 9.83 Å². The van der Waals surface area contributed by atoms with Crippen LogP contribution in [0.4, 0.5) is 0 Å². The molecule has 0 aliphatic heterocycles. The molecule has 0 aliphatic carbocycles. The Kier molecular flexibility index (Phi) is 3.98. The van der Waals surface area contributed by atoms with Gasteiger partial charge in [0, 0.05) is 0 Å². The Morgan fingerprint density at radius 2 is 2.14 bits per heavy atom. The molecular formula is C6H9IN3O3S-. The molecule has 80 valence electrons. The first kappa shape index (κ1) is 11.6. The molecule has 14 heavy (non-hydrogen) atoms. The van der Waals surface area contributed by atoms with Gasteiger partial charge in [0.25, 0.3) is 0 Å². The first-order valence-corrected chi connectivity index (χ1v) is 7.82. The molecule has 8 heteroatoms. The third kappa shape index (κ3) is 2.11. The van der Waals surface area contributed by atoms with Crippen molar-refractivity contribution < 1.29 is 25.9 Å². The Morgan fingerprint density at radius 1 is 1.50 bits per heavy atom. The van der Waals surface area contributed by atoms with Gasteiger partial charge in [0.15, 0.2) is 0 Å². The Balaban J connectivity index is 3.70. The molecule has 0 aliphatic rings. The molecule has 1 aromatic rings. The topological polar surface area (TPSA) is 69.5 Å². The molecule has 0 N–H and O–H groups in total. The maximum absolute atomic E-state index is 11.5. The number of aromatic nitrogens is 2. The predicted molar refractivity (Wildman–Crippen MR) is 48.6 cm³/mol. The van der Waals surface area contributed by atoms with Crippen molar-refractivity contribution in [3.05, 3.63) is 26.7 Å². The molecule has 1 aromatic heterocycles. The summed E-state index contributed by atoms with van der Waals surface area (Å²) in [7, 11) is 1.38. The second-order valence-electron chi connectivity index (χ2n) is 2.22. The molecule has 1 rings (SSSR count). The minimum atomic E-state index is -0.684. The van der Waals surface area contributed by atoms with Gasteiger partial charge in [0.1, 0.15) is 0 Å². The fourth-order valence-electron chi connectivity index (χ4n) is 0.755. The monoisotopic (exact) mass is 330 g/mol. The zero-order valence-electron chi connectivity index (χ0n) is 7.85. The summed E-state index contributed by atoms with van der Waals surface area (Å²) in [6.45, 7) is 0. The van der Waals surface area contributed by atoms with Gasteiger partial charge < -0.3 is 0 Å². The van der Waals surface area contributed by atoms with Crippen molar-refractivity contribution in [1.82, 2.24) is 7.35 Å². The maximum atomic E-state index is 11.5. The van der Waals surface area contributed by atoms with Crippen LogP contribution in [-0.4, -0.2) is 18.5 Å². The van der Waals surface area contributed by atoms with Crippen molar-refractivity contribution in [2.45, 2.75) is 0 Å². The Morgan fingerprint density at radius 3 is 2.64 bits per heavy atom. The van der Waals surface area contributed by atoms with Crippen LogP contribution in [-0.2, 0) is 7.05 Å². The van der Waals surface area contributed by atoms with Crippen LogP contribution in [0.25, 0.3) is 0 Å². The fourth-order valence-corrected chi connectivity index (χ4v) is 2.53. The Labute approximate surface area is 94.4 Å². The van der Waals surface area contributed by atoms with Crippen LogP contribution >= 0.6 is 11.9 Å². The van der Waals surface area contributed by atoms with Gasteiger partial charge in [-0.25, -0.2) is 0 Å². The van der Waals surface area contributed by atoms with Gasteiger partial charge in [-0.1, -0.05) is 0 Å². The quantitative estimate of drug-likeness (QED) is 0.313. The van der Waals surface area contributed by atoms with Gasteiger partial charge in [-0.15, -0.1) is 0 Å². The van der Waals surface area contributed by atoms with Gasteiger partial charge in [-0.2, -0.15) is 0 Å². The van der Waals surface area contributed by atoms with Crippen molar-refractivity contribution in [3.63, 3.8) is 0 Å². The summed E-state index contributed by atoms with van der Waals surface area (Å²) in [6.07, 6.45) is 1.73. The van der Waals surface area contributed by atoms with Crippen LogP contribution in [0, 0.1) is 0 Å². The third-order valence-electron chi connectivity index (χ3n) is 1.41. The van der Waals surface area contributed by atoms with E-state index in [9.17, 15) is 9.59 Å². The number of hydrogen-bond donors (Lipinski definition) is 0. The van der Waals surface area contributed by atoms with Gasteiger partial charge in [-0.05, 0) is 0 Å². The molecule has 0 saturated heterocycles. The molecule has 0 radical (unpaired) electrons. The number of nitrogens with zero attached hydrogens (tertiary/aromatic N) is 3. The minimum absolute atomic E-state index is 0.0981. The average Bonchev–Trinajstić information content (AvgIpc) is 2.16. The summed E-state index contributed by atoms with van der Waals surface area (Å²) in [6, 6.07) is 0. The van der Waals surface area contributed by atoms with E-state index < -0.39 is 27.2 Å². The van der Waals surface area contributed by atoms with Crippen molar-refractivity contribution in [1.29, 1.82) is 0 Å². The van der Waals surface area contributed by atoms with Crippen molar-refractivity contribution in [2.75, 3.05) is 11.2 Å². The summed E-state index contributed by atoms with van der Waals surface area (Å²) in [5.74, 6) is -0.684. The van der Waals surface area contributed by atoms with Gasteiger partial charge in [0.2, 0.25) is 0 Å². The standard InChI is InChI=1S/C6H9IN3O3S/c1-7-10-4(8-14-3)13-6(12)9(2)5(10)11/h1-3H3/q-1. The number of rotatable bonds is 2. The number of halogens is 1. The molecule has 6 nitrogen and oxygen atoms in total. The van der Waals surface area contributed by atoms with Gasteiger partial charge >= 0.3 is 94.5 Å². The number of hydrogen-bond acceptors (Lipinski definition) is 5. The first-order chi connectivity index (χ1) is 6.61. The fraction of sp³-hybridized carbons (Fsp3) is 0.500. The molecule has 0 aromatic carbocycles. The van der Waals surface area contributed by atoms with E-state index in [1.807, 2.05) is 4.93 Å². The molecule has 0 saturated carbocycles. The van der Waals surface area contributed by atoms with E-state index in [0.717, 1.165) is 16.5 Å². The Bertz CT molecular complexity index is 500. The molecule has 0 atom stereocenters. The second kappa shape index (κ2) is 4.82. The van der Waals surface area contributed by atoms with E-state index in [-0.39, 0.29) is 11.4 Å². The molecular weight excluding hydrogens is 321 g/mol. The van der Waals surface area contributed by atoms with E-state index >= 15 is 0 Å². The molecule has 0 unspecified atom stereocenters. The van der Waals surface area contributed by atoms with E-state index in [2.05, 4.69) is 4.40 Å². The molecule has 0 fully saturated rings. The van der Waals surface area contributed by atoms with Gasteiger partial charge in [-0.3, -0.25) is 0 Å². The Hall–Kier alpha value is -0.510. The normalized spacial score (nSPS) is 12.4. The summed E-state index contributed by atoms with van der Waals surface area (Å²) in [4.78, 5) is 24.6. The summed E-state index contributed by atoms with van der Waals surface area (Å²) < 4.78 is 11.1. The summed E-state index contributed by atoms with van der Waals surface area (Å²) >= 11 is 0.616. The third-order valence-corrected chi connectivity index (χ3v) is 3.54. The molecule has 0 amide bonds. The summed E-state index contributed by atoms with van der Waals surface area (Å²) in [5.41, 5.74) is -0.273. The van der Waals surface area contributed by atoms with E-state index in [0.29, 0.717) is 0 Å². The zero-order chi connectivity index (χ0) is 10.7. The van der Waals surface area contributed by atoms with Gasteiger partial charge in [0.05, 0.1) is 0 Å². The average molecular weight is 330 g/mol. The van der Waals surface area contributed by atoms with E-state index in [4.69, 9.17) is 4.42 Å². The number of alkyl halides is 1. The molecule has 0 spiro atoms. The van der Waals surface area contributed by atoms with Crippen LogP contribution in [0.3, 0.4) is 0 Å². The van der Waals surface area contributed by atoms with Crippen LogP contribution in [0.15, 0.2) is 18.4 Å². The van der Waals surface area contributed by atoms with Crippen LogP contribution in [0.5, 0.6) is 0 Å². The van der Waals surface area contributed by atoms with Crippen LogP contribution < -0.4 is 38.6 Å². The van der Waals surface area contributed by atoms with Crippen LogP contribution in [0.2, 0.25) is 0 Å². The van der Waals surface area contributed by atoms with Crippen molar-refractivity contribution in [2.24, 2.45) is 11.4 Å². The first-order valence-electron chi connectivity index (χ1n) is 3.52. The predicted octanol–water partition coefficient (Wildman–Crippen LogP) is -4.20.